The lowest BCUT2D eigenvalue weighted by atomic mass is 9.86. The van der Waals surface area contributed by atoms with E-state index in [4.69, 9.17) is 5.73 Å². The zero-order valence-corrected chi connectivity index (χ0v) is 11.6. The molecule has 1 aromatic rings. The lowest BCUT2D eigenvalue weighted by molar-refractivity contribution is -0.124. The molecule has 5 heteroatoms. The Balaban J connectivity index is 2.36. The van der Waals surface area contributed by atoms with Crippen molar-refractivity contribution in [2.75, 3.05) is 0 Å². The van der Waals surface area contributed by atoms with Crippen LogP contribution in [0.4, 0.5) is 8.78 Å². The molecule has 1 aliphatic rings. The summed E-state index contributed by atoms with van der Waals surface area (Å²) in [6, 6.07) is 3.61. The first-order valence-electron chi connectivity index (χ1n) is 6.97. The number of rotatable bonds is 4. The maximum atomic E-state index is 14.0. The fraction of sp³-hybridized carbons (Fsp3) is 0.533. The summed E-state index contributed by atoms with van der Waals surface area (Å²) in [5.41, 5.74) is 3.60. The summed E-state index contributed by atoms with van der Waals surface area (Å²) in [5, 5.41) is 3.08. The van der Waals surface area contributed by atoms with Gasteiger partial charge in [0.1, 0.15) is 17.2 Å². The third-order valence-corrected chi connectivity index (χ3v) is 4.05. The van der Waals surface area contributed by atoms with Crippen molar-refractivity contribution in [2.24, 2.45) is 5.73 Å². The number of halogens is 2. The van der Waals surface area contributed by atoms with Crippen LogP contribution in [-0.2, 0) is 10.3 Å². The van der Waals surface area contributed by atoms with Crippen molar-refractivity contribution in [1.29, 1.82) is 0 Å². The van der Waals surface area contributed by atoms with Crippen LogP contribution in [0.2, 0.25) is 0 Å². The van der Waals surface area contributed by atoms with Crippen LogP contribution < -0.4 is 11.1 Å². The van der Waals surface area contributed by atoms with Crippen molar-refractivity contribution in [1.82, 2.24) is 5.32 Å². The van der Waals surface area contributed by atoms with Gasteiger partial charge in [0.25, 0.3) is 0 Å². The topological polar surface area (TPSA) is 55.1 Å². The highest BCUT2D eigenvalue weighted by Crippen LogP contribution is 2.29. The minimum absolute atomic E-state index is 0.0558. The van der Waals surface area contributed by atoms with Crippen LogP contribution in [0.25, 0.3) is 0 Å². The summed E-state index contributed by atoms with van der Waals surface area (Å²) >= 11 is 0. The van der Waals surface area contributed by atoms with Gasteiger partial charge < -0.3 is 5.73 Å². The normalized spacial score (nSPS) is 19.6. The van der Waals surface area contributed by atoms with Crippen molar-refractivity contribution in [2.45, 2.75) is 50.6 Å². The molecule has 1 amide bonds. The average Bonchev–Trinajstić information content (AvgIpc) is 2.39. The number of amides is 1. The number of carbonyl (C=O) groups is 1. The average molecular weight is 282 g/mol. The van der Waals surface area contributed by atoms with Gasteiger partial charge in [-0.25, -0.2) is 8.78 Å². The van der Waals surface area contributed by atoms with Crippen LogP contribution in [0.3, 0.4) is 0 Å². The van der Waals surface area contributed by atoms with E-state index >= 15 is 0 Å². The van der Waals surface area contributed by atoms with E-state index in [2.05, 4.69) is 5.32 Å². The Morgan fingerprint density at radius 3 is 2.30 bits per heavy atom. The summed E-state index contributed by atoms with van der Waals surface area (Å²) in [5.74, 6) is -2.28. The second kappa shape index (κ2) is 5.87. The third-order valence-electron chi connectivity index (χ3n) is 4.05. The Bertz CT molecular complexity index is 480. The van der Waals surface area contributed by atoms with E-state index in [1.54, 1.807) is 0 Å². The van der Waals surface area contributed by atoms with Gasteiger partial charge in [-0.15, -0.1) is 0 Å². The molecule has 3 nitrogen and oxygen atoms in total. The van der Waals surface area contributed by atoms with E-state index < -0.39 is 23.1 Å². The van der Waals surface area contributed by atoms with Gasteiger partial charge >= 0.3 is 0 Å². The fourth-order valence-corrected chi connectivity index (χ4v) is 2.90. The molecule has 0 bridgehead atoms. The molecule has 0 heterocycles. The number of nitrogens with two attached hydrogens (primary N) is 1. The van der Waals surface area contributed by atoms with Gasteiger partial charge in [0.05, 0.1) is 5.56 Å². The second-order valence-corrected chi connectivity index (χ2v) is 5.57. The van der Waals surface area contributed by atoms with Crippen LogP contribution in [0.1, 0.15) is 44.6 Å². The van der Waals surface area contributed by atoms with Crippen LogP contribution in [-0.4, -0.2) is 11.9 Å². The summed E-state index contributed by atoms with van der Waals surface area (Å²) < 4.78 is 27.9. The van der Waals surface area contributed by atoms with Crippen LogP contribution in [0.15, 0.2) is 18.2 Å². The van der Waals surface area contributed by atoms with E-state index in [-0.39, 0.29) is 11.6 Å². The molecule has 0 aliphatic heterocycles. The number of primary amides is 1. The Hall–Kier alpha value is -1.49. The van der Waals surface area contributed by atoms with E-state index in [0.29, 0.717) is 0 Å². The molecule has 1 fully saturated rings. The van der Waals surface area contributed by atoms with Gasteiger partial charge in [-0.1, -0.05) is 25.3 Å². The molecule has 0 radical (unpaired) electrons. The first-order valence-corrected chi connectivity index (χ1v) is 6.97. The summed E-state index contributed by atoms with van der Waals surface area (Å²) in [6.45, 7) is 1.45. The first kappa shape index (κ1) is 14.9. The maximum absolute atomic E-state index is 14.0. The lowest BCUT2D eigenvalue weighted by Gasteiger charge is -2.35. The highest BCUT2D eigenvalue weighted by atomic mass is 19.1. The summed E-state index contributed by atoms with van der Waals surface area (Å²) in [7, 11) is 0. The fourth-order valence-electron chi connectivity index (χ4n) is 2.90. The van der Waals surface area contributed by atoms with Gasteiger partial charge in [0.2, 0.25) is 5.91 Å². The van der Waals surface area contributed by atoms with Crippen LogP contribution in [0.5, 0.6) is 0 Å². The monoisotopic (exact) mass is 282 g/mol. The number of carbonyl (C=O) groups excluding carboxylic acids is 1. The molecule has 20 heavy (non-hydrogen) atoms. The Morgan fingerprint density at radius 1 is 1.25 bits per heavy atom. The molecule has 1 aromatic carbocycles. The highest BCUT2D eigenvalue weighted by Gasteiger charge is 2.40. The molecule has 1 atom stereocenters. The number of benzene rings is 1. The molecule has 1 unspecified atom stereocenters. The minimum Gasteiger partial charge on any atom is -0.368 e. The molecule has 0 spiro atoms. The molecule has 2 rings (SSSR count). The standard InChI is InChI=1S/C15H20F2N2O/c1-15(14(18)20,19-10-6-3-2-4-7-10)13-11(16)8-5-9-12(13)17/h5,8-10,19H,2-4,6-7H2,1H3,(H2,18,20). The van der Waals surface area contributed by atoms with Crippen LogP contribution in [0, 0.1) is 11.6 Å². The lowest BCUT2D eigenvalue weighted by Crippen LogP contribution is -2.55. The molecule has 0 saturated heterocycles. The van der Waals surface area contributed by atoms with Gasteiger partial charge in [0.15, 0.2) is 0 Å². The maximum Gasteiger partial charge on any atom is 0.242 e. The molecule has 110 valence electrons. The van der Waals surface area contributed by atoms with Crippen molar-refractivity contribution in [3.05, 3.63) is 35.4 Å². The van der Waals surface area contributed by atoms with Gasteiger partial charge in [-0.05, 0) is 31.9 Å². The summed E-state index contributed by atoms with van der Waals surface area (Å²) in [4.78, 5) is 11.8. The predicted octanol–water partition coefficient (Wildman–Crippen LogP) is 2.59. The predicted molar refractivity (Wildman–Crippen MR) is 72.9 cm³/mol. The Labute approximate surface area is 117 Å². The van der Waals surface area contributed by atoms with Gasteiger partial charge in [0, 0.05) is 6.04 Å². The molecule has 1 aliphatic carbocycles. The molecular formula is C15H20F2N2O. The van der Waals surface area contributed by atoms with Crippen molar-refractivity contribution < 1.29 is 13.6 Å². The molecule has 3 N–H and O–H groups in total. The number of hydrogen-bond donors (Lipinski definition) is 2. The van der Waals surface area contributed by atoms with E-state index in [1.807, 2.05) is 0 Å². The second-order valence-electron chi connectivity index (χ2n) is 5.57. The highest BCUT2D eigenvalue weighted by molar-refractivity contribution is 5.86. The quantitative estimate of drug-likeness (QED) is 0.892. The zero-order chi connectivity index (χ0) is 14.8. The minimum atomic E-state index is -1.53. The van der Waals surface area contributed by atoms with Crippen molar-refractivity contribution in [3.63, 3.8) is 0 Å². The molecule has 0 aromatic heterocycles. The summed E-state index contributed by atoms with van der Waals surface area (Å²) in [6.07, 6.45) is 5.02. The smallest absolute Gasteiger partial charge is 0.242 e. The molecular weight excluding hydrogens is 262 g/mol. The number of nitrogens with one attached hydrogen (secondary N) is 1. The Morgan fingerprint density at radius 2 is 1.80 bits per heavy atom. The van der Waals surface area contributed by atoms with E-state index in [1.165, 1.54) is 13.0 Å². The molecule has 1 saturated carbocycles. The largest absolute Gasteiger partial charge is 0.368 e. The third kappa shape index (κ3) is 2.82. The van der Waals surface area contributed by atoms with Gasteiger partial charge in [-0.3, -0.25) is 10.1 Å². The van der Waals surface area contributed by atoms with Gasteiger partial charge in [-0.2, -0.15) is 0 Å². The van der Waals surface area contributed by atoms with Crippen molar-refractivity contribution >= 4 is 5.91 Å². The first-order chi connectivity index (χ1) is 9.45. The zero-order valence-electron chi connectivity index (χ0n) is 11.6. The van der Waals surface area contributed by atoms with Crippen molar-refractivity contribution in [3.8, 4) is 0 Å². The van der Waals surface area contributed by atoms with E-state index in [0.717, 1.165) is 44.2 Å². The van der Waals surface area contributed by atoms with E-state index in [9.17, 15) is 13.6 Å². The Kier molecular flexibility index (Phi) is 4.38. The van der Waals surface area contributed by atoms with Crippen LogP contribution >= 0.6 is 0 Å². The SMILES string of the molecule is CC(NC1CCCCC1)(C(N)=O)c1c(F)cccc1F. The number of hydrogen-bond acceptors (Lipinski definition) is 2.